The van der Waals surface area contributed by atoms with E-state index in [1.54, 1.807) is 0 Å². The lowest BCUT2D eigenvalue weighted by atomic mass is 10.4. The van der Waals surface area contributed by atoms with E-state index in [9.17, 15) is 26.0 Å². The molecule has 2 aromatic rings. The molecule has 0 aromatic carbocycles. The van der Waals surface area contributed by atoms with Crippen molar-refractivity contribution in [2.45, 2.75) is 11.9 Å². The molecule has 114 valence electrons. The van der Waals surface area contributed by atoms with Crippen molar-refractivity contribution >= 4 is 19.7 Å². The molecular formula is C11H7ClF4N2O2S. The van der Waals surface area contributed by atoms with Gasteiger partial charge in [0.05, 0.1) is 5.69 Å². The third kappa shape index (κ3) is 5.27. The van der Waals surface area contributed by atoms with E-state index >= 15 is 0 Å². The van der Waals surface area contributed by atoms with E-state index in [0.29, 0.717) is 12.1 Å². The maximum Gasteiger partial charge on any atom is 0.281 e. The Morgan fingerprint density at radius 3 is 1.76 bits per heavy atom. The fourth-order valence-corrected chi connectivity index (χ4v) is 1.91. The lowest BCUT2D eigenvalue weighted by Crippen LogP contribution is -2.00. The second-order valence-corrected chi connectivity index (χ2v) is 6.04. The number of hydrogen-bond acceptors (Lipinski definition) is 4. The first kappa shape index (κ1) is 17.3. The van der Waals surface area contributed by atoms with Crippen molar-refractivity contribution in [2.24, 2.45) is 0 Å². The zero-order chi connectivity index (χ0) is 16.2. The van der Waals surface area contributed by atoms with Crippen LogP contribution in [0.1, 0.15) is 5.69 Å². The van der Waals surface area contributed by atoms with Gasteiger partial charge >= 0.3 is 0 Å². The number of rotatable bonds is 1. The van der Waals surface area contributed by atoms with E-state index in [4.69, 9.17) is 10.7 Å². The van der Waals surface area contributed by atoms with Gasteiger partial charge < -0.3 is 0 Å². The van der Waals surface area contributed by atoms with Crippen LogP contribution in [-0.2, 0) is 9.05 Å². The number of hydrogen-bond donors (Lipinski definition) is 0. The van der Waals surface area contributed by atoms with Crippen LogP contribution >= 0.6 is 10.7 Å². The summed E-state index contributed by atoms with van der Waals surface area (Å²) >= 11 is 0. The maximum atomic E-state index is 12.6. The molecule has 2 heterocycles. The van der Waals surface area contributed by atoms with Crippen molar-refractivity contribution in [1.82, 2.24) is 9.97 Å². The van der Waals surface area contributed by atoms with Gasteiger partial charge in [-0.05, 0) is 31.2 Å². The van der Waals surface area contributed by atoms with Gasteiger partial charge in [0.25, 0.3) is 9.05 Å². The predicted octanol–water partition coefficient (Wildman–Crippen LogP) is 2.96. The van der Waals surface area contributed by atoms with Crippen molar-refractivity contribution in [3.8, 4) is 0 Å². The Bertz CT molecular complexity index is 756. The van der Waals surface area contributed by atoms with Gasteiger partial charge in [-0.25, -0.2) is 27.2 Å². The summed E-state index contributed by atoms with van der Waals surface area (Å²) in [4.78, 5) is 6.01. The summed E-state index contributed by atoms with van der Waals surface area (Å²) in [6, 6.07) is 3.37. The normalized spacial score (nSPS) is 10.8. The van der Waals surface area contributed by atoms with Crippen molar-refractivity contribution in [3.05, 3.63) is 53.5 Å². The first-order chi connectivity index (χ1) is 9.61. The molecule has 0 amide bonds. The minimum absolute atomic E-state index is 0.0926. The summed E-state index contributed by atoms with van der Waals surface area (Å²) < 4.78 is 70.2. The van der Waals surface area contributed by atoms with Crippen LogP contribution in [0, 0.1) is 30.5 Å². The van der Waals surface area contributed by atoms with Gasteiger partial charge in [-0.3, -0.25) is 0 Å². The highest BCUT2D eigenvalue weighted by Gasteiger charge is 2.18. The average molecular weight is 343 g/mol. The van der Waals surface area contributed by atoms with Crippen molar-refractivity contribution in [2.75, 3.05) is 0 Å². The summed E-state index contributed by atoms with van der Waals surface area (Å²) in [5.74, 6) is -3.40. The Hall–Kier alpha value is -1.74. The summed E-state index contributed by atoms with van der Waals surface area (Å²) in [5.41, 5.74) is 0.0926. The molecule has 4 nitrogen and oxygen atoms in total. The van der Waals surface area contributed by atoms with Crippen LogP contribution in [0.3, 0.4) is 0 Å². The number of pyridine rings is 2. The van der Waals surface area contributed by atoms with E-state index < -0.39 is 37.6 Å². The van der Waals surface area contributed by atoms with Gasteiger partial charge in [-0.2, -0.15) is 8.78 Å². The van der Waals surface area contributed by atoms with Gasteiger partial charge in [0.1, 0.15) is 5.82 Å². The first-order valence-electron chi connectivity index (χ1n) is 5.16. The Morgan fingerprint density at radius 1 is 0.905 bits per heavy atom. The highest BCUT2D eigenvalue weighted by Crippen LogP contribution is 2.15. The smallest absolute Gasteiger partial charge is 0.222 e. The van der Waals surface area contributed by atoms with Crippen LogP contribution in [0.4, 0.5) is 17.6 Å². The maximum absolute atomic E-state index is 12.6. The predicted molar refractivity (Wildman–Crippen MR) is 66.1 cm³/mol. The summed E-state index contributed by atoms with van der Waals surface area (Å²) in [6.45, 7) is 1.42. The van der Waals surface area contributed by atoms with Crippen LogP contribution in [0.5, 0.6) is 0 Å². The molecule has 0 N–H and O–H groups in total. The SMILES string of the molecule is Cc1nc(F)ccc1F.O=S(=O)(Cl)c1nc(F)ccc1F. The van der Waals surface area contributed by atoms with E-state index in [-0.39, 0.29) is 5.69 Å². The minimum Gasteiger partial charge on any atom is -0.222 e. The third-order valence-electron chi connectivity index (χ3n) is 2.00. The van der Waals surface area contributed by atoms with E-state index in [1.807, 2.05) is 0 Å². The molecule has 0 aliphatic rings. The molecule has 0 spiro atoms. The molecule has 0 atom stereocenters. The van der Waals surface area contributed by atoms with Crippen molar-refractivity contribution < 1.29 is 26.0 Å². The molecule has 2 aromatic heterocycles. The van der Waals surface area contributed by atoms with Crippen molar-refractivity contribution in [3.63, 3.8) is 0 Å². The van der Waals surface area contributed by atoms with Gasteiger partial charge in [-0.15, -0.1) is 0 Å². The van der Waals surface area contributed by atoms with Crippen LogP contribution in [0.15, 0.2) is 29.3 Å². The van der Waals surface area contributed by atoms with E-state index in [1.165, 1.54) is 6.92 Å². The quantitative estimate of drug-likeness (QED) is 0.454. The Kier molecular flexibility index (Phi) is 5.62. The summed E-state index contributed by atoms with van der Waals surface area (Å²) in [6.07, 6.45) is 0. The number of aryl methyl sites for hydroxylation is 1. The Labute approximate surface area is 121 Å². The number of halogens is 5. The van der Waals surface area contributed by atoms with Crippen LogP contribution in [-0.4, -0.2) is 18.4 Å². The third-order valence-corrected chi connectivity index (χ3v) is 3.18. The molecule has 0 aliphatic heterocycles. The topological polar surface area (TPSA) is 59.9 Å². The molecular weight excluding hydrogens is 336 g/mol. The average Bonchev–Trinajstić information content (AvgIpc) is 2.37. The summed E-state index contributed by atoms with van der Waals surface area (Å²) in [5, 5.41) is -1.09. The minimum atomic E-state index is -4.31. The molecule has 21 heavy (non-hydrogen) atoms. The number of aromatic nitrogens is 2. The molecule has 0 saturated heterocycles. The van der Waals surface area contributed by atoms with Crippen LogP contribution < -0.4 is 0 Å². The van der Waals surface area contributed by atoms with Crippen molar-refractivity contribution in [1.29, 1.82) is 0 Å². The zero-order valence-electron chi connectivity index (χ0n) is 10.3. The van der Waals surface area contributed by atoms with Gasteiger partial charge in [-0.1, -0.05) is 0 Å². The first-order valence-corrected chi connectivity index (χ1v) is 7.47. The monoisotopic (exact) mass is 342 g/mol. The molecule has 0 aliphatic carbocycles. The van der Waals surface area contributed by atoms with E-state index in [2.05, 4.69) is 9.97 Å². The Balaban J connectivity index is 0.000000219. The molecule has 0 radical (unpaired) electrons. The second kappa shape index (κ2) is 6.81. The second-order valence-electron chi connectivity index (χ2n) is 3.56. The molecule has 0 bridgehead atoms. The van der Waals surface area contributed by atoms with Crippen LogP contribution in [0.2, 0.25) is 0 Å². The standard InChI is InChI=1S/C6H5F2N.C5H2ClF2NO2S/c1-4-5(7)2-3-6(8)9-4;6-12(10,11)5-3(7)1-2-4(8)9-5/h2-3H,1H3;1-2H. The highest BCUT2D eigenvalue weighted by molar-refractivity contribution is 8.13. The largest absolute Gasteiger partial charge is 0.281 e. The molecule has 0 saturated carbocycles. The highest BCUT2D eigenvalue weighted by atomic mass is 35.7. The molecule has 0 fully saturated rings. The van der Waals surface area contributed by atoms with Crippen LogP contribution in [0.25, 0.3) is 0 Å². The lowest BCUT2D eigenvalue weighted by Gasteiger charge is -1.95. The Morgan fingerprint density at radius 2 is 1.38 bits per heavy atom. The molecule has 2 rings (SSSR count). The van der Waals surface area contributed by atoms with Gasteiger partial charge in [0.15, 0.2) is 5.82 Å². The fraction of sp³-hybridized carbons (Fsp3) is 0.0909. The fourth-order valence-electron chi connectivity index (χ4n) is 1.09. The number of nitrogens with zero attached hydrogens (tertiary/aromatic N) is 2. The molecule has 10 heteroatoms. The lowest BCUT2D eigenvalue weighted by molar-refractivity contribution is 0.517. The van der Waals surface area contributed by atoms with Gasteiger partial charge in [0.2, 0.25) is 16.9 Å². The summed E-state index contributed by atoms with van der Waals surface area (Å²) in [7, 11) is 0.429. The molecule has 0 unspecified atom stereocenters. The van der Waals surface area contributed by atoms with E-state index in [0.717, 1.165) is 12.1 Å². The van der Waals surface area contributed by atoms with Gasteiger partial charge in [0, 0.05) is 10.7 Å². The zero-order valence-corrected chi connectivity index (χ0v) is 11.9.